The normalized spacial score (nSPS) is 18.2. The quantitative estimate of drug-likeness (QED) is 0.593. The third-order valence-corrected chi connectivity index (χ3v) is 5.84. The number of benzene rings is 1. The van der Waals surface area contributed by atoms with E-state index < -0.39 is 23.7 Å². The molecule has 5 nitrogen and oxygen atoms in total. The van der Waals surface area contributed by atoms with Crippen LogP contribution in [0.4, 0.5) is 4.79 Å². The first-order valence-electron chi connectivity index (χ1n) is 11.2. The standard InChI is InChI=1S/C25H39NO4/c1-16-13-14-21(17(2)15-16)22(20-11-9-8-10-12-20)19(4)29-23(27)18(3)26-24(28)30-25(5,6)7/h13-15,18-20,22H,8-12H2,1-7H3,(H,26,28)/t18-,19-,22+/m0/s1. The van der Waals surface area contributed by atoms with Crippen LogP contribution in [0.15, 0.2) is 18.2 Å². The van der Waals surface area contributed by atoms with Gasteiger partial charge in [0, 0.05) is 5.92 Å². The van der Waals surface area contributed by atoms with Crippen LogP contribution < -0.4 is 5.32 Å². The van der Waals surface area contributed by atoms with Crippen LogP contribution in [0.3, 0.4) is 0 Å². The summed E-state index contributed by atoms with van der Waals surface area (Å²) >= 11 is 0. The molecule has 0 saturated heterocycles. The summed E-state index contributed by atoms with van der Waals surface area (Å²) < 4.78 is 11.1. The van der Waals surface area contributed by atoms with Crippen LogP contribution in [0, 0.1) is 19.8 Å². The van der Waals surface area contributed by atoms with Crippen LogP contribution in [-0.4, -0.2) is 29.8 Å². The molecule has 0 aliphatic heterocycles. The molecule has 0 heterocycles. The zero-order valence-corrected chi connectivity index (χ0v) is 19.7. The van der Waals surface area contributed by atoms with Crippen LogP contribution in [0.1, 0.15) is 89.3 Å². The number of alkyl carbamates (subject to hydrolysis) is 1. The van der Waals surface area contributed by atoms with Gasteiger partial charge in [0.2, 0.25) is 0 Å². The van der Waals surface area contributed by atoms with Crippen molar-refractivity contribution in [2.45, 2.75) is 104 Å². The first-order valence-corrected chi connectivity index (χ1v) is 11.2. The van der Waals surface area contributed by atoms with Crippen molar-refractivity contribution >= 4 is 12.1 Å². The fourth-order valence-electron chi connectivity index (χ4n) is 4.48. The molecule has 1 saturated carbocycles. The van der Waals surface area contributed by atoms with E-state index >= 15 is 0 Å². The summed E-state index contributed by atoms with van der Waals surface area (Å²) in [5.41, 5.74) is 3.13. The molecule has 1 N–H and O–H groups in total. The maximum Gasteiger partial charge on any atom is 0.408 e. The second kappa shape index (κ2) is 10.3. The van der Waals surface area contributed by atoms with E-state index in [4.69, 9.17) is 9.47 Å². The fourth-order valence-corrected chi connectivity index (χ4v) is 4.48. The molecule has 1 aliphatic rings. The summed E-state index contributed by atoms with van der Waals surface area (Å²) in [6.45, 7) is 13.2. The molecule has 168 valence electrons. The minimum absolute atomic E-state index is 0.156. The molecule has 1 aromatic rings. The third kappa shape index (κ3) is 7.03. The number of hydrogen-bond acceptors (Lipinski definition) is 4. The lowest BCUT2D eigenvalue weighted by atomic mass is 9.73. The van der Waals surface area contributed by atoms with E-state index in [0.29, 0.717) is 5.92 Å². The number of rotatable bonds is 6. The minimum Gasteiger partial charge on any atom is -0.460 e. The van der Waals surface area contributed by atoms with Crippen molar-refractivity contribution in [1.82, 2.24) is 5.32 Å². The van der Waals surface area contributed by atoms with Crippen LogP contribution in [-0.2, 0) is 14.3 Å². The van der Waals surface area contributed by atoms with Gasteiger partial charge in [-0.05, 0) is 78.4 Å². The van der Waals surface area contributed by atoms with Crippen LogP contribution in [0.25, 0.3) is 0 Å². The van der Waals surface area contributed by atoms with Gasteiger partial charge in [-0.1, -0.05) is 43.0 Å². The van der Waals surface area contributed by atoms with Crippen molar-refractivity contribution in [3.8, 4) is 0 Å². The number of amides is 1. The van der Waals surface area contributed by atoms with Crippen molar-refractivity contribution in [1.29, 1.82) is 0 Å². The van der Waals surface area contributed by atoms with Gasteiger partial charge in [0.1, 0.15) is 17.7 Å². The Balaban J connectivity index is 2.12. The summed E-state index contributed by atoms with van der Waals surface area (Å²) in [6.07, 6.45) is 5.16. The minimum atomic E-state index is -0.770. The topological polar surface area (TPSA) is 64.6 Å². The fraction of sp³-hybridized carbons (Fsp3) is 0.680. The predicted molar refractivity (Wildman–Crippen MR) is 120 cm³/mol. The smallest absolute Gasteiger partial charge is 0.408 e. The Bertz CT molecular complexity index is 731. The van der Waals surface area contributed by atoms with Gasteiger partial charge in [-0.25, -0.2) is 9.59 Å². The summed E-state index contributed by atoms with van der Waals surface area (Å²) in [7, 11) is 0. The number of aryl methyl sites for hydroxylation is 2. The van der Waals surface area contributed by atoms with Crippen LogP contribution >= 0.6 is 0 Å². The molecule has 5 heteroatoms. The van der Waals surface area contributed by atoms with Crippen molar-refractivity contribution in [2.24, 2.45) is 5.92 Å². The number of carbonyl (C=O) groups excluding carboxylic acids is 2. The average Bonchev–Trinajstić information content (AvgIpc) is 2.63. The molecule has 1 aromatic carbocycles. The molecule has 1 fully saturated rings. The predicted octanol–water partition coefficient (Wildman–Crippen LogP) is 5.81. The molecule has 1 amide bonds. The van der Waals surface area contributed by atoms with Gasteiger partial charge in [0.25, 0.3) is 0 Å². The summed E-state index contributed by atoms with van der Waals surface area (Å²) in [4.78, 5) is 24.7. The van der Waals surface area contributed by atoms with E-state index in [-0.39, 0.29) is 12.0 Å². The SMILES string of the molecule is Cc1ccc([C@@H](C2CCCCC2)[C@H](C)OC(=O)[C@H](C)NC(=O)OC(C)(C)C)c(C)c1. The Kier molecular flexibility index (Phi) is 8.34. The molecule has 0 aromatic heterocycles. The average molecular weight is 418 g/mol. The largest absolute Gasteiger partial charge is 0.460 e. The molecule has 0 radical (unpaired) electrons. The lowest BCUT2D eigenvalue weighted by Gasteiger charge is -2.35. The number of esters is 1. The highest BCUT2D eigenvalue weighted by atomic mass is 16.6. The van der Waals surface area contributed by atoms with Gasteiger partial charge < -0.3 is 14.8 Å². The first kappa shape index (κ1) is 24.2. The van der Waals surface area contributed by atoms with E-state index in [1.807, 2.05) is 6.92 Å². The number of nitrogens with one attached hydrogen (secondary N) is 1. The van der Waals surface area contributed by atoms with E-state index in [9.17, 15) is 9.59 Å². The Morgan fingerprint density at radius 3 is 2.27 bits per heavy atom. The van der Waals surface area contributed by atoms with Gasteiger partial charge in [-0.2, -0.15) is 0 Å². The van der Waals surface area contributed by atoms with E-state index in [1.165, 1.54) is 36.0 Å². The molecular weight excluding hydrogens is 378 g/mol. The number of carbonyl (C=O) groups is 2. The van der Waals surface area contributed by atoms with Gasteiger partial charge in [0.15, 0.2) is 0 Å². The Hall–Kier alpha value is -2.04. The number of ether oxygens (including phenoxy) is 2. The second-order valence-corrected chi connectivity index (χ2v) is 9.79. The van der Waals surface area contributed by atoms with Crippen molar-refractivity contribution in [3.63, 3.8) is 0 Å². The molecular formula is C25H39NO4. The zero-order valence-electron chi connectivity index (χ0n) is 19.7. The van der Waals surface area contributed by atoms with Crippen molar-refractivity contribution in [3.05, 3.63) is 34.9 Å². The van der Waals surface area contributed by atoms with Crippen molar-refractivity contribution in [2.75, 3.05) is 0 Å². The lowest BCUT2D eigenvalue weighted by molar-refractivity contribution is -0.152. The Morgan fingerprint density at radius 2 is 1.70 bits per heavy atom. The second-order valence-electron chi connectivity index (χ2n) is 9.79. The Morgan fingerprint density at radius 1 is 1.07 bits per heavy atom. The molecule has 0 spiro atoms. The van der Waals surface area contributed by atoms with E-state index in [0.717, 1.165) is 12.8 Å². The molecule has 0 unspecified atom stereocenters. The summed E-state index contributed by atoms with van der Waals surface area (Å²) in [6, 6.07) is 5.76. The van der Waals surface area contributed by atoms with Gasteiger partial charge in [0.05, 0.1) is 0 Å². The molecule has 0 bridgehead atoms. The molecule has 3 atom stereocenters. The molecule has 1 aliphatic carbocycles. The van der Waals surface area contributed by atoms with Gasteiger partial charge >= 0.3 is 12.1 Å². The molecule has 30 heavy (non-hydrogen) atoms. The first-order chi connectivity index (χ1) is 14.0. The zero-order chi connectivity index (χ0) is 22.5. The highest BCUT2D eigenvalue weighted by molar-refractivity contribution is 5.81. The van der Waals surface area contributed by atoms with Gasteiger partial charge in [-0.3, -0.25) is 0 Å². The summed E-state index contributed by atoms with van der Waals surface area (Å²) in [5, 5.41) is 2.58. The van der Waals surface area contributed by atoms with Crippen LogP contribution in [0.5, 0.6) is 0 Å². The maximum atomic E-state index is 12.7. The lowest BCUT2D eigenvalue weighted by Crippen LogP contribution is -2.44. The Labute approximate surface area is 181 Å². The highest BCUT2D eigenvalue weighted by Gasteiger charge is 2.34. The van der Waals surface area contributed by atoms with Crippen molar-refractivity contribution < 1.29 is 19.1 Å². The number of hydrogen-bond donors (Lipinski definition) is 1. The summed E-state index contributed by atoms with van der Waals surface area (Å²) in [5.74, 6) is 0.222. The van der Waals surface area contributed by atoms with E-state index in [1.54, 1.807) is 27.7 Å². The van der Waals surface area contributed by atoms with Gasteiger partial charge in [-0.15, -0.1) is 0 Å². The third-order valence-electron chi connectivity index (χ3n) is 5.84. The monoisotopic (exact) mass is 417 g/mol. The van der Waals surface area contributed by atoms with Crippen LogP contribution in [0.2, 0.25) is 0 Å². The molecule has 2 rings (SSSR count). The van der Waals surface area contributed by atoms with E-state index in [2.05, 4.69) is 37.4 Å². The maximum absolute atomic E-state index is 12.7. The highest BCUT2D eigenvalue weighted by Crippen LogP contribution is 2.40.